The number of hydrogen-bond acceptors (Lipinski definition) is 5. The van der Waals surface area contributed by atoms with Gasteiger partial charge in [-0.3, -0.25) is 9.48 Å². The van der Waals surface area contributed by atoms with Gasteiger partial charge >= 0.3 is 0 Å². The zero-order chi connectivity index (χ0) is 21.5. The maximum Gasteiger partial charge on any atom is 0.255 e. The average Bonchev–Trinajstić information content (AvgIpc) is 3.17. The second-order valence-corrected chi connectivity index (χ2v) is 7.89. The van der Waals surface area contributed by atoms with E-state index in [0.29, 0.717) is 23.8 Å². The van der Waals surface area contributed by atoms with Crippen LogP contribution in [0, 0.1) is 0 Å². The number of nitrogens with zero attached hydrogens (tertiary/aromatic N) is 4. The molecule has 1 saturated heterocycles. The fourth-order valence-corrected chi connectivity index (χ4v) is 4.03. The van der Waals surface area contributed by atoms with Crippen LogP contribution in [0.3, 0.4) is 0 Å². The molecule has 7 nitrogen and oxygen atoms in total. The number of aromatic nitrogens is 3. The summed E-state index contributed by atoms with van der Waals surface area (Å²) in [5.41, 5.74) is 13.6. The number of primary amides is 1. The molecule has 0 saturated carbocycles. The van der Waals surface area contributed by atoms with Crippen LogP contribution in [-0.4, -0.2) is 39.4 Å². The van der Waals surface area contributed by atoms with Crippen molar-refractivity contribution in [2.45, 2.75) is 18.5 Å². The number of hydrogen-bond donors (Lipinski definition) is 2. The summed E-state index contributed by atoms with van der Waals surface area (Å²) in [5.74, 6) is -0.719. The normalized spacial score (nSPS) is 15.9. The zero-order valence-corrected chi connectivity index (χ0v) is 17.2. The Morgan fingerprint density at radius 1 is 1.13 bits per heavy atom. The van der Waals surface area contributed by atoms with Crippen LogP contribution in [0.15, 0.2) is 42.9 Å². The number of amides is 1. The number of aryl methyl sites for hydroxylation is 1. The summed E-state index contributed by atoms with van der Waals surface area (Å²) >= 11 is 6.52. The molecule has 4 N–H and O–H groups in total. The molecule has 3 heterocycles. The number of carbonyl (C=O) groups is 1. The maximum absolute atomic E-state index is 14.6. The molecule has 4 rings (SSSR count). The lowest BCUT2D eigenvalue weighted by Crippen LogP contribution is -2.49. The average molecular weight is 429 g/mol. The number of halogens is 2. The maximum atomic E-state index is 14.6. The molecule has 3 aromatic rings. The summed E-state index contributed by atoms with van der Waals surface area (Å²) in [4.78, 5) is 17.6. The topological polar surface area (TPSA) is 103 Å². The van der Waals surface area contributed by atoms with Crippen molar-refractivity contribution in [2.75, 3.05) is 23.7 Å². The number of nitrogen functional groups attached to an aromatic ring is 1. The van der Waals surface area contributed by atoms with Gasteiger partial charge in [-0.05, 0) is 11.1 Å². The third kappa shape index (κ3) is 3.59. The van der Waals surface area contributed by atoms with Gasteiger partial charge in [0, 0.05) is 56.5 Å². The third-order valence-corrected chi connectivity index (χ3v) is 5.94. The Kier molecular flexibility index (Phi) is 5.11. The van der Waals surface area contributed by atoms with Crippen molar-refractivity contribution in [3.8, 4) is 22.3 Å². The first-order chi connectivity index (χ1) is 14.3. The van der Waals surface area contributed by atoms with E-state index >= 15 is 0 Å². The highest BCUT2D eigenvalue weighted by molar-refractivity contribution is 6.36. The number of alkyl halides is 1. The molecule has 0 aliphatic carbocycles. The van der Waals surface area contributed by atoms with Crippen LogP contribution in [0.25, 0.3) is 22.3 Å². The molecule has 1 fully saturated rings. The monoisotopic (exact) mass is 428 g/mol. The molecule has 0 spiro atoms. The van der Waals surface area contributed by atoms with Crippen molar-refractivity contribution in [3.05, 3.63) is 47.9 Å². The lowest BCUT2D eigenvalue weighted by atomic mass is 9.91. The highest BCUT2D eigenvalue weighted by Crippen LogP contribution is 2.42. The first-order valence-corrected chi connectivity index (χ1v) is 9.93. The predicted octanol–water partition coefficient (Wildman–Crippen LogP) is 3.18. The van der Waals surface area contributed by atoms with Crippen molar-refractivity contribution in [1.82, 2.24) is 14.8 Å². The van der Waals surface area contributed by atoms with E-state index in [9.17, 15) is 9.18 Å². The molecule has 0 radical (unpaired) electrons. The van der Waals surface area contributed by atoms with Crippen LogP contribution in [0.4, 0.5) is 15.9 Å². The minimum atomic E-state index is -1.99. The van der Waals surface area contributed by atoms with Crippen LogP contribution in [0.2, 0.25) is 5.02 Å². The largest absolute Gasteiger partial charge is 0.382 e. The SMILES string of the molecule is Cn1cc(-c2ccc(-c3cnc(N)c(Cl)c3N3CCC(F)(C(N)=O)CC3)cc2)cn1. The van der Waals surface area contributed by atoms with Gasteiger partial charge in [0.25, 0.3) is 5.91 Å². The Morgan fingerprint density at radius 2 is 1.77 bits per heavy atom. The molecule has 1 aromatic carbocycles. The van der Waals surface area contributed by atoms with Gasteiger partial charge in [-0.15, -0.1) is 0 Å². The van der Waals surface area contributed by atoms with E-state index in [1.165, 1.54) is 0 Å². The van der Waals surface area contributed by atoms with Crippen LogP contribution < -0.4 is 16.4 Å². The van der Waals surface area contributed by atoms with Crippen LogP contribution in [0.5, 0.6) is 0 Å². The van der Waals surface area contributed by atoms with Gasteiger partial charge in [0.05, 0.1) is 11.9 Å². The zero-order valence-electron chi connectivity index (χ0n) is 16.5. The highest BCUT2D eigenvalue weighted by atomic mass is 35.5. The molecule has 156 valence electrons. The second kappa shape index (κ2) is 7.60. The minimum absolute atomic E-state index is 0.000273. The van der Waals surface area contributed by atoms with Crippen LogP contribution in [0.1, 0.15) is 12.8 Å². The Balaban J connectivity index is 1.68. The fourth-order valence-electron chi connectivity index (χ4n) is 3.76. The van der Waals surface area contributed by atoms with E-state index in [0.717, 1.165) is 22.3 Å². The molecule has 1 aliphatic heterocycles. The quantitative estimate of drug-likeness (QED) is 0.664. The predicted molar refractivity (Wildman–Crippen MR) is 116 cm³/mol. The standard InChI is InChI=1S/C21H22ClFN6O/c1-28-12-15(10-27-28)13-2-4-14(5-3-13)16-11-26-19(24)17(22)18(16)29-8-6-21(23,7-9-29)20(25)30/h2-5,10-12H,6-9H2,1H3,(H2,24,26)(H2,25,30). The van der Waals surface area contributed by atoms with E-state index < -0.39 is 11.6 Å². The number of piperidine rings is 1. The molecule has 1 amide bonds. The first kappa shape index (κ1) is 20.2. The molecule has 0 bridgehead atoms. The van der Waals surface area contributed by atoms with E-state index in [4.69, 9.17) is 23.1 Å². The number of benzene rings is 1. The summed E-state index contributed by atoms with van der Waals surface area (Å²) in [7, 11) is 1.87. The van der Waals surface area contributed by atoms with E-state index in [1.54, 1.807) is 17.1 Å². The summed E-state index contributed by atoms with van der Waals surface area (Å²) in [6.07, 6.45) is 5.41. The Bertz CT molecular complexity index is 1090. The van der Waals surface area contributed by atoms with Crippen LogP contribution in [-0.2, 0) is 11.8 Å². The Hall–Kier alpha value is -3.13. The van der Waals surface area contributed by atoms with Gasteiger partial charge in [0.2, 0.25) is 0 Å². The third-order valence-electron chi connectivity index (χ3n) is 5.57. The number of rotatable bonds is 4. The lowest BCUT2D eigenvalue weighted by molar-refractivity contribution is -0.130. The Morgan fingerprint density at radius 3 is 2.33 bits per heavy atom. The van der Waals surface area contributed by atoms with Gasteiger partial charge < -0.3 is 16.4 Å². The van der Waals surface area contributed by atoms with E-state index in [1.807, 2.05) is 42.4 Å². The Labute approximate surface area is 178 Å². The lowest BCUT2D eigenvalue weighted by Gasteiger charge is -2.37. The molecule has 9 heteroatoms. The van der Waals surface area contributed by atoms with Gasteiger partial charge in [-0.2, -0.15) is 5.10 Å². The van der Waals surface area contributed by atoms with Crippen molar-refractivity contribution in [3.63, 3.8) is 0 Å². The minimum Gasteiger partial charge on any atom is -0.382 e. The van der Waals surface area contributed by atoms with Gasteiger partial charge in [-0.1, -0.05) is 35.9 Å². The smallest absolute Gasteiger partial charge is 0.255 e. The summed E-state index contributed by atoms with van der Waals surface area (Å²) in [6.45, 7) is 0.590. The highest BCUT2D eigenvalue weighted by Gasteiger charge is 2.41. The molecular formula is C21H22ClFN6O. The molecular weight excluding hydrogens is 407 g/mol. The summed E-state index contributed by atoms with van der Waals surface area (Å²) in [6, 6.07) is 7.94. The molecule has 2 aromatic heterocycles. The number of carbonyl (C=O) groups excluding carboxylic acids is 1. The molecule has 1 aliphatic rings. The van der Waals surface area contributed by atoms with Crippen molar-refractivity contribution in [1.29, 1.82) is 0 Å². The van der Waals surface area contributed by atoms with E-state index in [2.05, 4.69) is 10.1 Å². The summed E-state index contributed by atoms with van der Waals surface area (Å²) < 4.78 is 16.4. The van der Waals surface area contributed by atoms with Gasteiger partial charge in [-0.25, -0.2) is 9.37 Å². The number of anilines is 2. The van der Waals surface area contributed by atoms with Gasteiger partial charge in [0.15, 0.2) is 5.67 Å². The van der Waals surface area contributed by atoms with Crippen molar-refractivity contribution < 1.29 is 9.18 Å². The van der Waals surface area contributed by atoms with Gasteiger partial charge in [0.1, 0.15) is 10.8 Å². The van der Waals surface area contributed by atoms with Crippen LogP contribution >= 0.6 is 11.6 Å². The molecule has 0 unspecified atom stereocenters. The fraction of sp³-hybridized carbons (Fsp3) is 0.286. The number of pyridine rings is 1. The summed E-state index contributed by atoms with van der Waals surface area (Å²) in [5, 5.41) is 4.51. The van der Waals surface area contributed by atoms with Crippen molar-refractivity contribution in [2.24, 2.45) is 12.8 Å². The molecule has 30 heavy (non-hydrogen) atoms. The second-order valence-electron chi connectivity index (χ2n) is 7.52. The molecule has 0 atom stereocenters. The number of nitrogens with two attached hydrogens (primary N) is 2. The van der Waals surface area contributed by atoms with Crippen molar-refractivity contribution >= 4 is 29.0 Å². The van der Waals surface area contributed by atoms with E-state index in [-0.39, 0.29) is 18.7 Å². The first-order valence-electron chi connectivity index (χ1n) is 9.56.